The van der Waals surface area contributed by atoms with Gasteiger partial charge in [-0.25, -0.2) is 9.97 Å². The van der Waals surface area contributed by atoms with Crippen LogP contribution in [0.15, 0.2) is 104 Å². The first-order valence-corrected chi connectivity index (χ1v) is 13.0. The second-order valence-corrected chi connectivity index (χ2v) is 9.69. The van der Waals surface area contributed by atoms with E-state index in [9.17, 15) is 0 Å². The number of para-hydroxylation sites is 2. The number of nitrogens with zero attached hydrogens (tertiary/aromatic N) is 5. The third-order valence-corrected chi connectivity index (χ3v) is 6.99. The molecule has 0 fully saturated rings. The summed E-state index contributed by atoms with van der Waals surface area (Å²) < 4.78 is 8.20. The summed E-state index contributed by atoms with van der Waals surface area (Å²) in [6.45, 7) is 0. The number of hydrogen-bond acceptors (Lipinski definition) is 6. The number of ether oxygens (including phenoxy) is 1. The largest absolute Gasteiger partial charge is 0.457 e. The van der Waals surface area contributed by atoms with Crippen molar-refractivity contribution in [1.29, 1.82) is 0 Å². The summed E-state index contributed by atoms with van der Waals surface area (Å²) in [4.78, 5) is 21.4. The van der Waals surface area contributed by atoms with Gasteiger partial charge in [0.15, 0.2) is 5.82 Å². The van der Waals surface area contributed by atoms with E-state index < -0.39 is 0 Å². The van der Waals surface area contributed by atoms with Crippen molar-refractivity contribution >= 4 is 45.3 Å². The molecule has 0 saturated heterocycles. The lowest BCUT2D eigenvalue weighted by molar-refractivity contribution is 0.483. The molecule has 3 aromatic carbocycles. The Labute approximate surface area is 234 Å². The van der Waals surface area contributed by atoms with E-state index >= 15 is 0 Å². The van der Waals surface area contributed by atoms with Gasteiger partial charge in [0.1, 0.15) is 17.2 Å². The number of aromatic amines is 1. The Morgan fingerprint density at radius 3 is 2.55 bits per heavy atom. The zero-order valence-electron chi connectivity index (χ0n) is 21.3. The minimum absolute atomic E-state index is 0.656. The predicted molar refractivity (Wildman–Crippen MR) is 158 cm³/mol. The minimum Gasteiger partial charge on any atom is -0.457 e. The van der Waals surface area contributed by atoms with Crippen molar-refractivity contribution < 1.29 is 4.74 Å². The molecule has 0 amide bonds. The molecule has 0 atom stereocenters. The van der Waals surface area contributed by atoms with Crippen LogP contribution in [-0.2, 0) is 7.05 Å². The fourth-order valence-corrected chi connectivity index (χ4v) is 4.88. The van der Waals surface area contributed by atoms with Crippen LogP contribution in [-0.4, -0.2) is 29.5 Å². The Morgan fingerprint density at radius 1 is 0.825 bits per heavy atom. The standard InChI is InChI=1S/C31H22ClN7O/c1-39-29-9-7-21(40-22-12-15-34-28(18-22)30-36-25-4-2-3-5-26(25)37-30)17-27(29)38-31(39)35-20-6-8-24(32)23(16-20)19-10-13-33-14-11-19/h2-18H,1H3,(H,35,38)(H,36,37). The first kappa shape index (κ1) is 23.9. The normalized spacial score (nSPS) is 11.2. The molecule has 0 radical (unpaired) electrons. The smallest absolute Gasteiger partial charge is 0.208 e. The van der Waals surface area contributed by atoms with Gasteiger partial charge < -0.3 is 19.6 Å². The van der Waals surface area contributed by atoms with E-state index in [0.717, 1.165) is 38.9 Å². The molecule has 0 spiro atoms. The number of aryl methyl sites for hydroxylation is 1. The van der Waals surface area contributed by atoms with Crippen LogP contribution >= 0.6 is 11.6 Å². The molecular formula is C31H22ClN7O. The van der Waals surface area contributed by atoms with Gasteiger partial charge in [0.2, 0.25) is 5.95 Å². The van der Waals surface area contributed by atoms with Crippen LogP contribution in [0.3, 0.4) is 0 Å². The lowest BCUT2D eigenvalue weighted by Gasteiger charge is -2.10. The molecule has 4 heterocycles. The third kappa shape index (κ3) is 4.50. The van der Waals surface area contributed by atoms with E-state index in [1.807, 2.05) is 96.5 Å². The van der Waals surface area contributed by atoms with E-state index in [2.05, 4.69) is 25.3 Å². The van der Waals surface area contributed by atoms with Crippen molar-refractivity contribution in [2.24, 2.45) is 7.05 Å². The average molecular weight is 544 g/mol. The number of imidazole rings is 2. The summed E-state index contributed by atoms with van der Waals surface area (Å²) in [7, 11) is 1.97. The number of nitrogens with one attached hydrogen (secondary N) is 2. The lowest BCUT2D eigenvalue weighted by Crippen LogP contribution is -1.99. The molecule has 7 aromatic rings. The number of halogens is 1. The van der Waals surface area contributed by atoms with Gasteiger partial charge in [0, 0.05) is 54.0 Å². The molecule has 0 aliphatic heterocycles. The molecule has 40 heavy (non-hydrogen) atoms. The fourth-order valence-electron chi connectivity index (χ4n) is 4.65. The van der Waals surface area contributed by atoms with Crippen LogP contribution in [0.1, 0.15) is 0 Å². The molecule has 2 N–H and O–H groups in total. The van der Waals surface area contributed by atoms with E-state index in [1.165, 1.54) is 0 Å². The summed E-state index contributed by atoms with van der Waals surface area (Å²) in [6, 6.07) is 27.1. The van der Waals surface area contributed by atoms with E-state index in [1.54, 1.807) is 18.6 Å². The molecule has 0 aliphatic rings. The molecule has 0 unspecified atom stereocenters. The van der Waals surface area contributed by atoms with Gasteiger partial charge in [0.05, 0.1) is 22.1 Å². The molecular weight excluding hydrogens is 522 g/mol. The highest BCUT2D eigenvalue weighted by atomic mass is 35.5. The van der Waals surface area contributed by atoms with Crippen molar-refractivity contribution in [2.45, 2.75) is 0 Å². The Bertz CT molecular complexity index is 1970. The highest BCUT2D eigenvalue weighted by molar-refractivity contribution is 6.33. The first-order valence-electron chi connectivity index (χ1n) is 12.6. The molecule has 0 aliphatic carbocycles. The van der Waals surface area contributed by atoms with Crippen LogP contribution in [0.5, 0.6) is 11.5 Å². The average Bonchev–Trinajstić information content (AvgIpc) is 3.55. The van der Waals surface area contributed by atoms with Crippen molar-refractivity contribution in [3.8, 4) is 34.1 Å². The number of H-pyrrole nitrogens is 1. The molecule has 194 valence electrons. The fraction of sp³-hybridized carbons (Fsp3) is 0.0323. The van der Waals surface area contributed by atoms with Crippen LogP contribution in [0.4, 0.5) is 11.6 Å². The second kappa shape index (κ2) is 9.83. The van der Waals surface area contributed by atoms with Crippen LogP contribution < -0.4 is 10.1 Å². The van der Waals surface area contributed by atoms with Crippen molar-refractivity contribution in [3.63, 3.8) is 0 Å². The van der Waals surface area contributed by atoms with E-state index in [0.29, 0.717) is 34.0 Å². The highest BCUT2D eigenvalue weighted by Gasteiger charge is 2.13. The van der Waals surface area contributed by atoms with Crippen LogP contribution in [0, 0.1) is 0 Å². The molecule has 0 saturated carbocycles. The van der Waals surface area contributed by atoms with Gasteiger partial charge in [-0.15, -0.1) is 0 Å². The van der Waals surface area contributed by atoms with Gasteiger partial charge in [0.25, 0.3) is 0 Å². The Kier molecular flexibility index (Phi) is 5.87. The summed E-state index contributed by atoms with van der Waals surface area (Å²) >= 11 is 6.48. The number of pyridine rings is 2. The number of aromatic nitrogens is 6. The maximum atomic E-state index is 6.48. The van der Waals surface area contributed by atoms with Crippen molar-refractivity contribution in [2.75, 3.05) is 5.32 Å². The third-order valence-electron chi connectivity index (χ3n) is 6.67. The molecule has 8 nitrogen and oxygen atoms in total. The maximum absolute atomic E-state index is 6.48. The zero-order chi connectivity index (χ0) is 27.1. The summed E-state index contributed by atoms with van der Waals surface area (Å²) in [6.07, 6.45) is 5.22. The Morgan fingerprint density at radius 2 is 1.68 bits per heavy atom. The summed E-state index contributed by atoms with van der Waals surface area (Å²) in [5, 5.41) is 4.09. The molecule has 7 rings (SSSR count). The van der Waals surface area contributed by atoms with E-state index in [-0.39, 0.29) is 0 Å². The van der Waals surface area contributed by atoms with Gasteiger partial charge in [-0.2, -0.15) is 0 Å². The molecule has 4 aromatic heterocycles. The van der Waals surface area contributed by atoms with Crippen LogP contribution in [0.2, 0.25) is 5.02 Å². The minimum atomic E-state index is 0.656. The number of benzene rings is 3. The van der Waals surface area contributed by atoms with Gasteiger partial charge in [-0.1, -0.05) is 23.7 Å². The molecule has 9 heteroatoms. The molecule has 0 bridgehead atoms. The SMILES string of the molecule is Cn1c(Nc2ccc(Cl)c(-c3ccncc3)c2)nc2cc(Oc3ccnc(-c4nc5ccccc5[nH]4)c3)ccc21. The topological polar surface area (TPSA) is 93.5 Å². The van der Waals surface area contributed by atoms with Crippen LogP contribution in [0.25, 0.3) is 44.7 Å². The number of anilines is 2. The summed E-state index contributed by atoms with van der Waals surface area (Å²) in [5.41, 5.74) is 7.12. The van der Waals surface area contributed by atoms with Gasteiger partial charge in [-0.05, 0) is 66.2 Å². The van der Waals surface area contributed by atoms with Gasteiger partial charge in [-0.3, -0.25) is 9.97 Å². The quantitative estimate of drug-likeness (QED) is 0.222. The van der Waals surface area contributed by atoms with E-state index in [4.69, 9.17) is 21.3 Å². The number of hydrogen-bond donors (Lipinski definition) is 2. The van der Waals surface area contributed by atoms with Crippen molar-refractivity contribution in [1.82, 2.24) is 29.5 Å². The first-order chi connectivity index (χ1) is 19.6. The highest BCUT2D eigenvalue weighted by Crippen LogP contribution is 2.33. The number of rotatable bonds is 6. The second-order valence-electron chi connectivity index (χ2n) is 9.28. The Balaban J connectivity index is 1.15. The summed E-state index contributed by atoms with van der Waals surface area (Å²) in [5.74, 6) is 2.72. The number of fused-ring (bicyclic) bond motifs is 2. The monoisotopic (exact) mass is 543 g/mol. The maximum Gasteiger partial charge on any atom is 0.208 e. The van der Waals surface area contributed by atoms with Crippen molar-refractivity contribution in [3.05, 3.63) is 109 Å². The zero-order valence-corrected chi connectivity index (χ0v) is 22.1. The Hall–Kier alpha value is -5.21. The lowest BCUT2D eigenvalue weighted by atomic mass is 10.1. The van der Waals surface area contributed by atoms with Gasteiger partial charge >= 0.3 is 0 Å². The predicted octanol–water partition coefficient (Wildman–Crippen LogP) is 7.76.